The Hall–Kier alpha value is -2.15. The molecule has 1 aliphatic heterocycles. The van der Waals surface area contributed by atoms with Crippen LogP contribution in [0.3, 0.4) is 0 Å². The third-order valence-electron chi connectivity index (χ3n) is 2.29. The second-order valence-corrected chi connectivity index (χ2v) is 4.95. The lowest BCUT2D eigenvalue weighted by molar-refractivity contribution is -0.138. The molecule has 2 N–H and O–H groups in total. The van der Waals surface area contributed by atoms with E-state index in [4.69, 9.17) is 5.11 Å². The average Bonchev–Trinajstić information content (AvgIpc) is 2.70. The van der Waals surface area contributed by atoms with Gasteiger partial charge >= 0.3 is 5.97 Å². The van der Waals surface area contributed by atoms with Crippen LogP contribution in [0.5, 0.6) is 0 Å². The monoisotopic (exact) mass is 277 g/mol. The molecule has 1 aromatic rings. The minimum Gasteiger partial charge on any atom is -0.481 e. The van der Waals surface area contributed by atoms with Gasteiger partial charge in [0, 0.05) is 0 Å². The Balaban J connectivity index is 1.96. The van der Waals surface area contributed by atoms with Gasteiger partial charge in [-0.05, 0) is 5.56 Å². The van der Waals surface area contributed by atoms with Gasteiger partial charge in [-0.3, -0.25) is 9.59 Å². The number of amidine groups is 1. The van der Waals surface area contributed by atoms with Gasteiger partial charge in [-0.25, -0.2) is 0 Å². The van der Waals surface area contributed by atoms with Crippen LogP contribution < -0.4 is 5.32 Å². The molecule has 1 saturated heterocycles. The van der Waals surface area contributed by atoms with Crippen molar-refractivity contribution in [1.82, 2.24) is 5.32 Å². The molecule has 1 aromatic carbocycles. The Morgan fingerprint density at radius 2 is 2.16 bits per heavy atom. The molecule has 1 aliphatic rings. The lowest BCUT2D eigenvalue weighted by atomic mass is 10.2. The summed E-state index contributed by atoms with van der Waals surface area (Å²) < 4.78 is 0. The number of nitrogens with one attached hydrogen (secondary N) is 1. The van der Waals surface area contributed by atoms with Crippen molar-refractivity contribution in [3.8, 4) is 0 Å². The number of amides is 1. The fourth-order valence-corrected chi connectivity index (χ4v) is 2.35. The van der Waals surface area contributed by atoms with Crippen molar-refractivity contribution in [2.24, 2.45) is 10.2 Å². The van der Waals surface area contributed by atoms with Crippen molar-refractivity contribution in [3.05, 3.63) is 35.9 Å². The number of carboxylic acids is 1. The number of carboxylic acid groups (broad SMARTS) is 1. The summed E-state index contributed by atoms with van der Waals surface area (Å²) in [6.45, 7) is 0. The standard InChI is InChI=1S/C12H11N3O3S/c16-10(17)6-9-11(18)14-12(19-9)15-13-7-8-4-2-1-3-5-8/h1-5,7,9H,6H2,(H,16,17)(H,14,15,18)/b13-7+. The predicted molar refractivity (Wildman–Crippen MR) is 73.2 cm³/mol. The van der Waals surface area contributed by atoms with E-state index in [1.807, 2.05) is 30.3 Å². The molecule has 19 heavy (non-hydrogen) atoms. The minimum atomic E-state index is -1.01. The molecule has 6 nitrogen and oxygen atoms in total. The molecule has 0 radical (unpaired) electrons. The second kappa shape index (κ2) is 6.14. The van der Waals surface area contributed by atoms with Crippen LogP contribution in [-0.2, 0) is 9.59 Å². The lowest BCUT2D eigenvalue weighted by Gasteiger charge is -1.97. The van der Waals surface area contributed by atoms with Crippen LogP contribution in [0.2, 0.25) is 0 Å². The summed E-state index contributed by atoms with van der Waals surface area (Å²) in [5, 5.41) is 18.5. The fraction of sp³-hybridized carbons (Fsp3) is 0.167. The van der Waals surface area contributed by atoms with E-state index in [0.29, 0.717) is 5.17 Å². The Bertz CT molecular complexity index is 542. The molecule has 0 aliphatic carbocycles. The van der Waals surface area contributed by atoms with E-state index in [0.717, 1.165) is 17.3 Å². The first-order valence-electron chi connectivity index (χ1n) is 5.50. The van der Waals surface area contributed by atoms with Gasteiger partial charge in [-0.15, -0.1) is 5.10 Å². The van der Waals surface area contributed by atoms with E-state index in [9.17, 15) is 9.59 Å². The van der Waals surface area contributed by atoms with Gasteiger partial charge in [-0.2, -0.15) is 5.10 Å². The number of aliphatic carboxylic acids is 1. The quantitative estimate of drug-likeness (QED) is 0.636. The Morgan fingerprint density at radius 3 is 2.84 bits per heavy atom. The molecule has 0 saturated carbocycles. The van der Waals surface area contributed by atoms with E-state index in [2.05, 4.69) is 15.5 Å². The van der Waals surface area contributed by atoms with Gasteiger partial charge in [0.05, 0.1) is 12.6 Å². The Kier molecular flexibility index (Phi) is 4.30. The van der Waals surface area contributed by atoms with Gasteiger partial charge in [0.1, 0.15) is 5.25 Å². The maximum atomic E-state index is 11.4. The highest BCUT2D eigenvalue weighted by Crippen LogP contribution is 2.22. The minimum absolute atomic E-state index is 0.224. The van der Waals surface area contributed by atoms with E-state index in [-0.39, 0.29) is 12.3 Å². The summed E-state index contributed by atoms with van der Waals surface area (Å²) in [7, 11) is 0. The summed E-state index contributed by atoms with van der Waals surface area (Å²) in [5.41, 5.74) is 0.892. The number of benzene rings is 1. The van der Waals surface area contributed by atoms with Gasteiger partial charge < -0.3 is 10.4 Å². The fourth-order valence-electron chi connectivity index (χ4n) is 1.43. The van der Waals surface area contributed by atoms with Crippen LogP contribution in [0.25, 0.3) is 0 Å². The molecule has 2 rings (SSSR count). The molecule has 0 aromatic heterocycles. The highest BCUT2D eigenvalue weighted by molar-refractivity contribution is 8.15. The molecule has 1 amide bonds. The van der Waals surface area contributed by atoms with E-state index < -0.39 is 11.2 Å². The SMILES string of the molecule is O=C(O)CC1S/C(=N/N=C/c2ccccc2)NC1=O. The van der Waals surface area contributed by atoms with Crippen molar-refractivity contribution >= 4 is 35.0 Å². The first-order chi connectivity index (χ1) is 9.15. The summed E-state index contributed by atoms with van der Waals surface area (Å²) >= 11 is 1.08. The number of hydrogen-bond donors (Lipinski definition) is 2. The average molecular weight is 277 g/mol. The van der Waals surface area contributed by atoms with Crippen molar-refractivity contribution in [1.29, 1.82) is 0 Å². The van der Waals surface area contributed by atoms with Gasteiger partial charge in [-0.1, -0.05) is 42.1 Å². The highest BCUT2D eigenvalue weighted by atomic mass is 32.2. The molecular formula is C12H11N3O3S. The highest BCUT2D eigenvalue weighted by Gasteiger charge is 2.32. The molecule has 1 atom stereocenters. The normalized spacial score (nSPS) is 20.9. The largest absolute Gasteiger partial charge is 0.481 e. The number of carbonyl (C=O) groups is 2. The van der Waals surface area contributed by atoms with E-state index in [1.54, 1.807) is 6.21 Å². The molecular weight excluding hydrogens is 266 g/mol. The molecule has 1 heterocycles. The molecule has 1 fully saturated rings. The number of carbonyl (C=O) groups excluding carboxylic acids is 1. The number of thioether (sulfide) groups is 1. The Morgan fingerprint density at radius 1 is 1.42 bits per heavy atom. The van der Waals surface area contributed by atoms with Gasteiger partial charge in [0.15, 0.2) is 5.17 Å². The summed E-state index contributed by atoms with van der Waals surface area (Å²) in [5.74, 6) is -1.36. The third kappa shape index (κ3) is 3.92. The zero-order valence-electron chi connectivity index (χ0n) is 9.81. The molecule has 0 spiro atoms. The zero-order chi connectivity index (χ0) is 13.7. The first-order valence-corrected chi connectivity index (χ1v) is 6.38. The first kappa shape index (κ1) is 13.3. The Labute approximate surface area is 113 Å². The van der Waals surface area contributed by atoms with Crippen molar-refractivity contribution in [3.63, 3.8) is 0 Å². The number of rotatable bonds is 4. The zero-order valence-corrected chi connectivity index (χ0v) is 10.6. The number of nitrogens with zero attached hydrogens (tertiary/aromatic N) is 2. The number of hydrogen-bond acceptors (Lipinski definition) is 5. The van der Waals surface area contributed by atoms with Crippen molar-refractivity contribution in [2.45, 2.75) is 11.7 Å². The second-order valence-electron chi connectivity index (χ2n) is 3.75. The smallest absolute Gasteiger partial charge is 0.305 e. The van der Waals surface area contributed by atoms with Gasteiger partial charge in [0.2, 0.25) is 5.91 Å². The van der Waals surface area contributed by atoms with Crippen LogP contribution in [0.1, 0.15) is 12.0 Å². The molecule has 0 bridgehead atoms. The van der Waals surface area contributed by atoms with E-state index >= 15 is 0 Å². The summed E-state index contributed by atoms with van der Waals surface area (Å²) in [6.07, 6.45) is 1.34. The molecule has 1 unspecified atom stereocenters. The van der Waals surface area contributed by atoms with Crippen molar-refractivity contribution < 1.29 is 14.7 Å². The third-order valence-corrected chi connectivity index (χ3v) is 3.36. The van der Waals surface area contributed by atoms with E-state index in [1.165, 1.54) is 0 Å². The maximum absolute atomic E-state index is 11.4. The topological polar surface area (TPSA) is 91.1 Å². The summed E-state index contributed by atoms with van der Waals surface area (Å²) in [6, 6.07) is 9.40. The van der Waals surface area contributed by atoms with Crippen LogP contribution in [0, 0.1) is 0 Å². The summed E-state index contributed by atoms with van der Waals surface area (Å²) in [4.78, 5) is 22.0. The molecule has 98 valence electrons. The van der Waals surface area contributed by atoms with Crippen LogP contribution in [0.4, 0.5) is 0 Å². The molecule has 7 heteroatoms. The van der Waals surface area contributed by atoms with Crippen molar-refractivity contribution in [2.75, 3.05) is 0 Å². The van der Waals surface area contributed by atoms with Crippen LogP contribution in [-0.4, -0.2) is 33.6 Å². The maximum Gasteiger partial charge on any atom is 0.305 e. The predicted octanol–water partition coefficient (Wildman–Crippen LogP) is 1.08. The van der Waals surface area contributed by atoms with Crippen LogP contribution in [0.15, 0.2) is 40.5 Å². The lowest BCUT2D eigenvalue weighted by Crippen LogP contribution is -2.26. The van der Waals surface area contributed by atoms with Gasteiger partial charge in [0.25, 0.3) is 0 Å². The van der Waals surface area contributed by atoms with Crippen LogP contribution >= 0.6 is 11.8 Å².